The highest BCUT2D eigenvalue weighted by Crippen LogP contribution is 2.33. The zero-order valence-electron chi connectivity index (χ0n) is 12.9. The first kappa shape index (κ1) is 15.2. The number of amides is 1. The van der Waals surface area contributed by atoms with Gasteiger partial charge in [-0.2, -0.15) is 0 Å². The summed E-state index contributed by atoms with van der Waals surface area (Å²) < 4.78 is 10.6. The van der Waals surface area contributed by atoms with E-state index in [-0.39, 0.29) is 5.91 Å². The van der Waals surface area contributed by atoms with Crippen molar-refractivity contribution in [3.05, 3.63) is 23.9 Å². The molecule has 0 unspecified atom stereocenters. The summed E-state index contributed by atoms with van der Waals surface area (Å²) in [6.07, 6.45) is 2.68. The number of H-pyrrole nitrogens is 1. The lowest BCUT2D eigenvalue weighted by molar-refractivity contribution is 0.0953. The molecule has 2 aromatic rings. The number of hydrogen-bond donors (Lipinski definition) is 2. The van der Waals surface area contributed by atoms with Gasteiger partial charge in [0, 0.05) is 24.2 Å². The maximum Gasteiger partial charge on any atom is 0.253 e. The zero-order chi connectivity index (χ0) is 15.4. The number of aromatic amines is 1. The third-order valence-corrected chi connectivity index (χ3v) is 3.44. The Bertz CT molecular complexity index is 632. The molecule has 114 valence electrons. The maximum absolute atomic E-state index is 12.3. The van der Waals surface area contributed by atoms with E-state index in [9.17, 15) is 4.79 Å². The summed E-state index contributed by atoms with van der Waals surface area (Å²) in [4.78, 5) is 15.4. The first-order chi connectivity index (χ1) is 10.1. The van der Waals surface area contributed by atoms with Crippen molar-refractivity contribution >= 4 is 16.8 Å². The summed E-state index contributed by atoms with van der Waals surface area (Å²) in [5.74, 6) is 1.74. The molecule has 1 aromatic carbocycles. The minimum absolute atomic E-state index is 0.0749. The summed E-state index contributed by atoms with van der Waals surface area (Å²) in [6, 6.07) is 3.65. The molecule has 0 bridgehead atoms. The molecule has 0 saturated carbocycles. The van der Waals surface area contributed by atoms with Crippen LogP contribution in [0.5, 0.6) is 11.5 Å². The molecule has 0 aliphatic heterocycles. The van der Waals surface area contributed by atoms with Crippen LogP contribution in [0.2, 0.25) is 0 Å². The molecule has 1 heterocycles. The van der Waals surface area contributed by atoms with Gasteiger partial charge in [-0.15, -0.1) is 0 Å². The number of benzene rings is 1. The van der Waals surface area contributed by atoms with E-state index in [2.05, 4.69) is 24.1 Å². The van der Waals surface area contributed by atoms with Crippen molar-refractivity contribution in [1.29, 1.82) is 0 Å². The zero-order valence-corrected chi connectivity index (χ0v) is 12.9. The van der Waals surface area contributed by atoms with Crippen LogP contribution in [0.15, 0.2) is 18.3 Å². The van der Waals surface area contributed by atoms with Gasteiger partial charge < -0.3 is 19.8 Å². The van der Waals surface area contributed by atoms with Gasteiger partial charge in [0.1, 0.15) is 0 Å². The molecule has 0 aliphatic rings. The number of carbonyl (C=O) groups excluding carboxylic acids is 1. The van der Waals surface area contributed by atoms with E-state index < -0.39 is 0 Å². The molecular weight excluding hydrogens is 268 g/mol. The minimum atomic E-state index is -0.0749. The van der Waals surface area contributed by atoms with Crippen LogP contribution < -0.4 is 14.8 Å². The molecule has 5 nitrogen and oxygen atoms in total. The number of hydrogen-bond acceptors (Lipinski definition) is 3. The molecule has 0 aliphatic carbocycles. The molecule has 1 aromatic heterocycles. The predicted molar refractivity (Wildman–Crippen MR) is 83.2 cm³/mol. The Balaban J connectivity index is 2.26. The molecule has 0 radical (unpaired) electrons. The second-order valence-electron chi connectivity index (χ2n) is 5.39. The van der Waals surface area contributed by atoms with Gasteiger partial charge in [0.15, 0.2) is 11.5 Å². The summed E-state index contributed by atoms with van der Waals surface area (Å²) in [5, 5.41) is 3.77. The highest BCUT2D eigenvalue weighted by atomic mass is 16.5. The average molecular weight is 290 g/mol. The van der Waals surface area contributed by atoms with Gasteiger partial charge in [0.2, 0.25) is 0 Å². The number of fused-ring (bicyclic) bond motifs is 1. The van der Waals surface area contributed by atoms with Crippen LogP contribution in [-0.4, -0.2) is 31.7 Å². The van der Waals surface area contributed by atoms with Gasteiger partial charge in [-0.25, -0.2) is 0 Å². The third-order valence-electron chi connectivity index (χ3n) is 3.44. The highest BCUT2D eigenvalue weighted by molar-refractivity contribution is 6.07. The normalized spacial score (nSPS) is 10.9. The SMILES string of the molecule is COc1cc2[nH]cc(C(=O)NCCC(C)C)c2cc1OC. The van der Waals surface area contributed by atoms with Crippen LogP contribution in [0.4, 0.5) is 0 Å². The fourth-order valence-electron chi connectivity index (χ4n) is 2.21. The van der Waals surface area contributed by atoms with Crippen LogP contribution in [0.1, 0.15) is 30.6 Å². The van der Waals surface area contributed by atoms with Gasteiger partial charge >= 0.3 is 0 Å². The molecule has 21 heavy (non-hydrogen) atoms. The molecule has 0 spiro atoms. The van der Waals surface area contributed by atoms with Crippen molar-refractivity contribution in [2.24, 2.45) is 5.92 Å². The van der Waals surface area contributed by atoms with Crippen molar-refractivity contribution in [3.63, 3.8) is 0 Å². The first-order valence-electron chi connectivity index (χ1n) is 7.08. The van der Waals surface area contributed by atoms with Crippen LogP contribution in [-0.2, 0) is 0 Å². The van der Waals surface area contributed by atoms with E-state index in [1.165, 1.54) is 0 Å². The Morgan fingerprint density at radius 3 is 2.52 bits per heavy atom. The summed E-state index contributed by atoms with van der Waals surface area (Å²) in [7, 11) is 3.17. The number of rotatable bonds is 6. The van der Waals surface area contributed by atoms with Crippen molar-refractivity contribution in [2.75, 3.05) is 20.8 Å². The maximum atomic E-state index is 12.3. The molecular formula is C16H22N2O3. The second-order valence-corrected chi connectivity index (χ2v) is 5.39. The lowest BCUT2D eigenvalue weighted by Crippen LogP contribution is -2.25. The summed E-state index contributed by atoms with van der Waals surface area (Å²) in [6.45, 7) is 4.94. The van der Waals surface area contributed by atoms with Crippen molar-refractivity contribution in [2.45, 2.75) is 20.3 Å². The quantitative estimate of drug-likeness (QED) is 0.859. The first-order valence-corrected chi connectivity index (χ1v) is 7.08. The Morgan fingerprint density at radius 2 is 1.90 bits per heavy atom. The summed E-state index contributed by atoms with van der Waals surface area (Å²) in [5.41, 5.74) is 1.47. The Labute approximate surface area is 124 Å². The van der Waals surface area contributed by atoms with E-state index >= 15 is 0 Å². The third kappa shape index (κ3) is 3.29. The molecule has 2 rings (SSSR count). The van der Waals surface area contributed by atoms with E-state index in [4.69, 9.17) is 9.47 Å². The lowest BCUT2D eigenvalue weighted by Gasteiger charge is -2.09. The van der Waals surface area contributed by atoms with Crippen molar-refractivity contribution < 1.29 is 14.3 Å². The number of aromatic nitrogens is 1. The second kappa shape index (κ2) is 6.52. The molecule has 0 saturated heterocycles. The smallest absolute Gasteiger partial charge is 0.253 e. The standard InChI is InChI=1S/C16H22N2O3/c1-10(2)5-6-17-16(19)12-9-18-13-8-15(21-4)14(20-3)7-11(12)13/h7-10,18H,5-6H2,1-4H3,(H,17,19). The minimum Gasteiger partial charge on any atom is -0.493 e. The summed E-state index contributed by atoms with van der Waals surface area (Å²) >= 11 is 0. The van der Waals surface area contributed by atoms with E-state index in [0.29, 0.717) is 29.5 Å². The Hall–Kier alpha value is -2.17. The number of ether oxygens (including phenoxy) is 2. The largest absolute Gasteiger partial charge is 0.493 e. The fourth-order valence-corrected chi connectivity index (χ4v) is 2.21. The molecule has 5 heteroatoms. The molecule has 2 N–H and O–H groups in total. The predicted octanol–water partition coefficient (Wildman–Crippen LogP) is 2.96. The van der Waals surface area contributed by atoms with Gasteiger partial charge in [0.25, 0.3) is 5.91 Å². The molecule has 0 fully saturated rings. The van der Waals surface area contributed by atoms with Gasteiger partial charge in [-0.1, -0.05) is 13.8 Å². The topological polar surface area (TPSA) is 63.4 Å². The lowest BCUT2D eigenvalue weighted by atomic mass is 10.1. The van der Waals surface area contributed by atoms with Crippen LogP contribution in [0.25, 0.3) is 10.9 Å². The van der Waals surface area contributed by atoms with Gasteiger partial charge in [0.05, 0.1) is 25.3 Å². The van der Waals surface area contributed by atoms with Crippen LogP contribution >= 0.6 is 0 Å². The van der Waals surface area contributed by atoms with E-state index in [0.717, 1.165) is 17.3 Å². The average Bonchev–Trinajstić information content (AvgIpc) is 2.87. The monoisotopic (exact) mass is 290 g/mol. The number of carbonyl (C=O) groups is 1. The van der Waals surface area contributed by atoms with Gasteiger partial charge in [-0.05, 0) is 18.4 Å². The van der Waals surface area contributed by atoms with Crippen LogP contribution in [0, 0.1) is 5.92 Å². The van der Waals surface area contributed by atoms with E-state index in [1.807, 2.05) is 12.1 Å². The van der Waals surface area contributed by atoms with Gasteiger partial charge in [-0.3, -0.25) is 4.79 Å². The van der Waals surface area contributed by atoms with Crippen molar-refractivity contribution in [3.8, 4) is 11.5 Å². The number of methoxy groups -OCH3 is 2. The fraction of sp³-hybridized carbons (Fsp3) is 0.438. The van der Waals surface area contributed by atoms with Crippen LogP contribution in [0.3, 0.4) is 0 Å². The molecule has 0 atom stereocenters. The van der Waals surface area contributed by atoms with E-state index in [1.54, 1.807) is 20.4 Å². The Kier molecular flexibility index (Phi) is 4.73. The Morgan fingerprint density at radius 1 is 1.24 bits per heavy atom. The highest BCUT2D eigenvalue weighted by Gasteiger charge is 2.15. The van der Waals surface area contributed by atoms with Crippen molar-refractivity contribution in [1.82, 2.24) is 10.3 Å². The number of nitrogens with one attached hydrogen (secondary N) is 2. The molecule has 1 amide bonds.